The third-order valence-corrected chi connectivity index (χ3v) is 5.80. The molecule has 0 fully saturated rings. The summed E-state index contributed by atoms with van der Waals surface area (Å²) >= 11 is 0. The van der Waals surface area contributed by atoms with Crippen molar-refractivity contribution in [3.8, 4) is 0 Å². The van der Waals surface area contributed by atoms with Crippen LogP contribution in [0, 0.1) is 10.1 Å². The smallest absolute Gasteiger partial charge is 0.338 e. The van der Waals surface area contributed by atoms with Gasteiger partial charge in [-0.1, -0.05) is 48.5 Å². The second kappa shape index (κ2) is 9.94. The van der Waals surface area contributed by atoms with Crippen LogP contribution in [0.1, 0.15) is 26.3 Å². The van der Waals surface area contributed by atoms with E-state index in [2.05, 4.69) is 4.72 Å². The molecule has 3 rings (SSSR count). The third-order valence-electron chi connectivity index (χ3n) is 4.40. The number of esters is 1. The van der Waals surface area contributed by atoms with E-state index in [1.807, 2.05) is 6.07 Å². The van der Waals surface area contributed by atoms with Crippen molar-refractivity contribution in [3.63, 3.8) is 0 Å². The van der Waals surface area contributed by atoms with Crippen LogP contribution in [0.4, 0.5) is 5.69 Å². The molecule has 0 radical (unpaired) electrons. The lowest BCUT2D eigenvalue weighted by Gasteiger charge is -2.09. The minimum absolute atomic E-state index is 0.0217. The summed E-state index contributed by atoms with van der Waals surface area (Å²) in [5.41, 5.74) is 0.474. The van der Waals surface area contributed by atoms with Crippen LogP contribution in [0.3, 0.4) is 0 Å². The van der Waals surface area contributed by atoms with Crippen LogP contribution in [-0.2, 0) is 21.3 Å². The van der Waals surface area contributed by atoms with Gasteiger partial charge >= 0.3 is 5.97 Å². The highest BCUT2D eigenvalue weighted by molar-refractivity contribution is 7.89. The Hall–Kier alpha value is -3.89. The van der Waals surface area contributed by atoms with Crippen molar-refractivity contribution in [1.29, 1.82) is 0 Å². The van der Waals surface area contributed by atoms with Crippen LogP contribution >= 0.6 is 0 Å². The maximum Gasteiger partial charge on any atom is 0.338 e. The van der Waals surface area contributed by atoms with Crippen LogP contribution in [0.25, 0.3) is 0 Å². The largest absolute Gasteiger partial charge is 0.454 e. The summed E-state index contributed by atoms with van der Waals surface area (Å²) in [6.07, 6.45) is 0. The van der Waals surface area contributed by atoms with Gasteiger partial charge in [0.2, 0.25) is 15.8 Å². The number of benzene rings is 3. The average molecular weight is 454 g/mol. The number of carbonyl (C=O) groups excluding carboxylic acids is 2. The number of nitro benzene ring substituents is 1. The molecule has 3 aromatic carbocycles. The highest BCUT2D eigenvalue weighted by Gasteiger charge is 2.18. The maximum absolute atomic E-state index is 12.5. The SMILES string of the molecule is O=C(COC(=O)c1cccc(S(=O)(=O)NCc2ccccc2)c1)c1cccc([N+](=O)[O-])c1. The number of carbonyl (C=O) groups is 2. The van der Waals surface area contributed by atoms with Gasteiger partial charge in [0.05, 0.1) is 15.4 Å². The van der Waals surface area contributed by atoms with Gasteiger partial charge in [-0.05, 0) is 23.8 Å². The fourth-order valence-electron chi connectivity index (χ4n) is 2.74. The first-order chi connectivity index (χ1) is 15.3. The summed E-state index contributed by atoms with van der Waals surface area (Å²) in [6, 6.07) is 19.2. The van der Waals surface area contributed by atoms with Gasteiger partial charge in [-0.3, -0.25) is 14.9 Å². The Balaban J connectivity index is 1.65. The topological polar surface area (TPSA) is 133 Å². The summed E-state index contributed by atoms with van der Waals surface area (Å²) in [6.45, 7) is -0.571. The number of nitrogens with one attached hydrogen (secondary N) is 1. The predicted molar refractivity (Wildman–Crippen MR) is 115 cm³/mol. The first-order valence-corrected chi connectivity index (χ1v) is 10.8. The molecular weight excluding hydrogens is 436 g/mol. The minimum atomic E-state index is -3.89. The van der Waals surface area contributed by atoms with E-state index in [9.17, 15) is 28.1 Å². The van der Waals surface area contributed by atoms with Gasteiger partial charge < -0.3 is 4.74 Å². The number of sulfonamides is 1. The molecule has 0 atom stereocenters. The molecule has 0 bridgehead atoms. The first-order valence-electron chi connectivity index (χ1n) is 9.35. The van der Waals surface area contributed by atoms with E-state index in [4.69, 9.17) is 4.74 Å². The number of Topliss-reactive ketones (excluding diaryl/α,β-unsaturated/α-hetero) is 1. The molecule has 0 heterocycles. The second-order valence-electron chi connectivity index (χ2n) is 6.64. The third kappa shape index (κ3) is 5.84. The number of ether oxygens (including phenoxy) is 1. The Bertz CT molecular complexity index is 1260. The van der Waals surface area contributed by atoms with Gasteiger partial charge in [0, 0.05) is 24.2 Å². The number of ketones is 1. The molecule has 32 heavy (non-hydrogen) atoms. The molecule has 1 N–H and O–H groups in total. The van der Waals surface area contributed by atoms with Crippen LogP contribution in [0.2, 0.25) is 0 Å². The van der Waals surface area contributed by atoms with E-state index in [1.165, 1.54) is 36.4 Å². The molecule has 0 aliphatic carbocycles. The van der Waals surface area contributed by atoms with Gasteiger partial charge in [-0.15, -0.1) is 0 Å². The van der Waals surface area contributed by atoms with Crippen molar-refractivity contribution in [3.05, 3.63) is 106 Å². The maximum atomic E-state index is 12.5. The number of rotatable bonds is 9. The van der Waals surface area contributed by atoms with Gasteiger partial charge in [0.15, 0.2) is 6.61 Å². The van der Waals surface area contributed by atoms with E-state index in [0.29, 0.717) is 0 Å². The Morgan fingerprint density at radius 3 is 2.31 bits per heavy atom. The van der Waals surface area contributed by atoms with Crippen molar-refractivity contribution in [2.75, 3.05) is 6.61 Å². The zero-order valence-corrected chi connectivity index (χ0v) is 17.4. The summed E-state index contributed by atoms with van der Waals surface area (Å²) in [4.78, 5) is 34.6. The monoisotopic (exact) mass is 454 g/mol. The molecule has 0 saturated heterocycles. The lowest BCUT2D eigenvalue weighted by atomic mass is 10.1. The predicted octanol–water partition coefficient (Wildman–Crippen LogP) is 3.11. The van der Waals surface area contributed by atoms with Crippen LogP contribution in [0.15, 0.2) is 83.8 Å². The van der Waals surface area contributed by atoms with E-state index < -0.39 is 33.3 Å². The molecular formula is C22H18N2O7S. The molecule has 0 saturated carbocycles. The molecule has 10 heteroatoms. The average Bonchev–Trinajstić information content (AvgIpc) is 2.82. The van der Waals surface area contributed by atoms with E-state index >= 15 is 0 Å². The van der Waals surface area contributed by atoms with Gasteiger partial charge in [-0.25, -0.2) is 17.9 Å². The molecule has 0 spiro atoms. The van der Waals surface area contributed by atoms with Crippen molar-refractivity contribution in [2.24, 2.45) is 0 Å². The van der Waals surface area contributed by atoms with E-state index in [-0.39, 0.29) is 28.3 Å². The summed E-state index contributed by atoms with van der Waals surface area (Å²) < 4.78 is 32.5. The van der Waals surface area contributed by atoms with Crippen molar-refractivity contribution in [1.82, 2.24) is 4.72 Å². The minimum Gasteiger partial charge on any atom is -0.454 e. The van der Waals surface area contributed by atoms with Crippen LogP contribution < -0.4 is 4.72 Å². The Morgan fingerprint density at radius 2 is 1.59 bits per heavy atom. The van der Waals surface area contributed by atoms with Crippen molar-refractivity contribution >= 4 is 27.5 Å². The van der Waals surface area contributed by atoms with Gasteiger partial charge in [0.25, 0.3) is 5.69 Å². The highest BCUT2D eigenvalue weighted by atomic mass is 32.2. The lowest BCUT2D eigenvalue weighted by molar-refractivity contribution is -0.384. The number of non-ortho nitro benzene ring substituents is 1. The molecule has 3 aromatic rings. The quantitative estimate of drug-likeness (QED) is 0.227. The Labute approximate surface area is 183 Å². The molecule has 0 aliphatic heterocycles. The Morgan fingerprint density at radius 1 is 0.906 bits per heavy atom. The summed E-state index contributed by atoms with van der Waals surface area (Å²) in [5, 5.41) is 10.8. The number of hydrogen-bond donors (Lipinski definition) is 1. The standard InChI is InChI=1S/C22H18N2O7S/c25-21(17-8-4-10-19(12-17)24(27)28)15-31-22(26)18-9-5-11-20(13-18)32(29,30)23-14-16-6-2-1-3-7-16/h1-13,23H,14-15H2. The number of hydrogen-bond acceptors (Lipinski definition) is 7. The fourth-order valence-corrected chi connectivity index (χ4v) is 3.80. The van der Waals surface area contributed by atoms with Gasteiger partial charge in [0.1, 0.15) is 0 Å². The summed E-state index contributed by atoms with van der Waals surface area (Å²) in [5.74, 6) is -1.53. The van der Waals surface area contributed by atoms with Gasteiger partial charge in [-0.2, -0.15) is 0 Å². The number of nitro groups is 1. The molecule has 0 aromatic heterocycles. The first kappa shape index (κ1) is 22.8. The second-order valence-corrected chi connectivity index (χ2v) is 8.41. The number of nitrogens with zero attached hydrogens (tertiary/aromatic N) is 1. The van der Waals surface area contributed by atoms with Crippen LogP contribution in [0.5, 0.6) is 0 Å². The van der Waals surface area contributed by atoms with Crippen molar-refractivity contribution in [2.45, 2.75) is 11.4 Å². The molecule has 0 aliphatic rings. The lowest BCUT2D eigenvalue weighted by Crippen LogP contribution is -2.23. The molecule has 9 nitrogen and oxygen atoms in total. The van der Waals surface area contributed by atoms with E-state index in [0.717, 1.165) is 17.7 Å². The molecule has 0 unspecified atom stereocenters. The summed E-state index contributed by atoms with van der Waals surface area (Å²) in [7, 11) is -3.89. The normalized spacial score (nSPS) is 11.0. The fraction of sp³-hybridized carbons (Fsp3) is 0.0909. The Kier molecular flexibility index (Phi) is 7.08. The molecule has 0 amide bonds. The highest BCUT2D eigenvalue weighted by Crippen LogP contribution is 2.15. The van der Waals surface area contributed by atoms with Crippen LogP contribution in [-0.4, -0.2) is 31.7 Å². The van der Waals surface area contributed by atoms with E-state index in [1.54, 1.807) is 24.3 Å². The zero-order valence-electron chi connectivity index (χ0n) is 16.6. The van der Waals surface area contributed by atoms with Crippen molar-refractivity contribution < 1.29 is 27.7 Å². The zero-order chi connectivity index (χ0) is 23.1. The molecule has 164 valence electrons.